The molecule has 3 heterocycles. The lowest BCUT2D eigenvalue weighted by Crippen LogP contribution is -2.65. The van der Waals surface area contributed by atoms with Gasteiger partial charge in [-0.05, 0) is 22.2 Å². The number of fused-ring (bicyclic) bond motifs is 1. The van der Waals surface area contributed by atoms with E-state index in [1.54, 1.807) is 0 Å². The zero-order chi connectivity index (χ0) is 24.0. The van der Waals surface area contributed by atoms with Gasteiger partial charge in [0.15, 0.2) is 6.23 Å². The van der Waals surface area contributed by atoms with Gasteiger partial charge in [0.05, 0.1) is 6.61 Å². The molecule has 9 nitrogen and oxygen atoms in total. The zero-order valence-corrected chi connectivity index (χ0v) is 22.3. The Bertz CT molecular complexity index is 898. The number of ether oxygens (including phenoxy) is 1. The molecular weight excluding hydrogens is 448 g/mol. The minimum absolute atomic E-state index is 0.108. The summed E-state index contributed by atoms with van der Waals surface area (Å²) in [6.45, 7) is 17.2. The first-order valence-electron chi connectivity index (χ1n) is 11.5. The van der Waals surface area contributed by atoms with Crippen LogP contribution in [-0.2, 0) is 17.7 Å². The summed E-state index contributed by atoms with van der Waals surface area (Å²) in [6.07, 6.45) is -2.04. The molecule has 0 aromatic carbocycles. The summed E-state index contributed by atoms with van der Waals surface area (Å²) >= 11 is 0. The summed E-state index contributed by atoms with van der Waals surface area (Å²) in [5, 5.41) is 11.2. The predicted octanol–water partition coefficient (Wildman–Crippen LogP) is 2.75. The summed E-state index contributed by atoms with van der Waals surface area (Å²) in [6, 6.07) is 1.23. The van der Waals surface area contributed by atoms with Gasteiger partial charge in [-0.25, -0.2) is 4.79 Å². The van der Waals surface area contributed by atoms with Crippen molar-refractivity contribution in [1.82, 2.24) is 9.55 Å². The van der Waals surface area contributed by atoms with Crippen LogP contribution in [0.3, 0.4) is 0 Å². The molecule has 1 aromatic rings. The highest BCUT2D eigenvalue weighted by Crippen LogP contribution is 2.48. The van der Waals surface area contributed by atoms with E-state index in [0.717, 1.165) is 0 Å². The van der Waals surface area contributed by atoms with Crippen LogP contribution >= 0.6 is 0 Å². The molecule has 1 unspecified atom stereocenters. The van der Waals surface area contributed by atoms with E-state index in [0.29, 0.717) is 0 Å². The summed E-state index contributed by atoms with van der Waals surface area (Å²) in [5.41, 5.74) is -0.551. The smallest absolute Gasteiger partial charge is 0.335 e. The number of H-pyrrole nitrogens is 1. The number of hydrogen-bond acceptors (Lipinski definition) is 7. The van der Waals surface area contributed by atoms with Crippen LogP contribution in [0.15, 0.2) is 21.9 Å². The standard InChI is InChI=1S/C21H38N2O7Si2/c1-12(2)31(13(3)4)27-11-16-19(29-32(30-31,14(5)6)15(7)8)18(25)20(28-16)23-10-9-17(24)22-21(23)26/h9-10,12-16,18-20,25H,11H2,1-8H3,(H,22,24,26)/t16-,18+,19-,20?/m1/s1. The second kappa shape index (κ2) is 9.28. The van der Waals surface area contributed by atoms with Crippen LogP contribution in [0, 0.1) is 0 Å². The van der Waals surface area contributed by atoms with Crippen LogP contribution in [-0.4, -0.2) is 56.7 Å². The van der Waals surface area contributed by atoms with Crippen LogP contribution in [0.2, 0.25) is 22.2 Å². The maximum atomic E-state index is 12.4. The number of aromatic amines is 1. The van der Waals surface area contributed by atoms with E-state index in [1.165, 1.54) is 16.8 Å². The van der Waals surface area contributed by atoms with Crippen molar-refractivity contribution in [1.29, 1.82) is 0 Å². The van der Waals surface area contributed by atoms with E-state index in [9.17, 15) is 14.7 Å². The number of aliphatic hydroxyl groups excluding tert-OH is 1. The molecule has 2 fully saturated rings. The molecule has 0 saturated carbocycles. The second-order valence-corrected chi connectivity index (χ2v) is 19.0. The number of aromatic nitrogens is 2. The lowest BCUT2D eigenvalue weighted by molar-refractivity contribution is -0.0600. The first-order valence-corrected chi connectivity index (χ1v) is 15.5. The molecular formula is C21H38N2O7Si2. The van der Waals surface area contributed by atoms with Crippen LogP contribution in [0.5, 0.6) is 0 Å². The van der Waals surface area contributed by atoms with Gasteiger partial charge in [-0.3, -0.25) is 14.3 Å². The molecule has 2 aliphatic rings. The molecule has 3 rings (SSSR count). The Labute approximate surface area is 191 Å². The van der Waals surface area contributed by atoms with Crippen molar-refractivity contribution in [3.8, 4) is 0 Å². The highest BCUT2D eigenvalue weighted by molar-refractivity contribution is 6.83. The van der Waals surface area contributed by atoms with Crippen molar-refractivity contribution < 1.29 is 22.8 Å². The summed E-state index contributed by atoms with van der Waals surface area (Å²) in [7, 11) is -5.63. The van der Waals surface area contributed by atoms with E-state index in [2.05, 4.69) is 60.4 Å². The largest absolute Gasteiger partial charge is 0.414 e. The van der Waals surface area contributed by atoms with Gasteiger partial charge in [0.1, 0.15) is 18.3 Å². The van der Waals surface area contributed by atoms with Gasteiger partial charge in [0, 0.05) is 12.3 Å². The highest BCUT2D eigenvalue weighted by atomic mass is 28.5. The topological polar surface area (TPSA) is 112 Å². The number of nitrogens with zero attached hydrogens (tertiary/aromatic N) is 1. The molecule has 32 heavy (non-hydrogen) atoms. The summed E-state index contributed by atoms with van der Waals surface area (Å²) in [5.74, 6) is 0. The minimum atomic E-state index is -2.91. The number of hydrogen-bond donors (Lipinski definition) is 2. The predicted molar refractivity (Wildman–Crippen MR) is 125 cm³/mol. The van der Waals surface area contributed by atoms with E-state index in [4.69, 9.17) is 17.7 Å². The van der Waals surface area contributed by atoms with E-state index in [-0.39, 0.29) is 28.8 Å². The number of nitrogens with one attached hydrogen (secondary N) is 1. The number of rotatable bonds is 5. The molecule has 2 aliphatic heterocycles. The molecule has 2 N–H and O–H groups in total. The second-order valence-electron chi connectivity index (χ2n) is 10.1. The van der Waals surface area contributed by atoms with Crippen molar-refractivity contribution in [2.24, 2.45) is 0 Å². The SMILES string of the molecule is CC(C)[Si]1(C(C)C)OC[C@H]2OC(n3ccc(=O)[nH]c3=O)[C@@H](O)[C@@H]2O[Si](C(C)C)(C(C)C)O1. The van der Waals surface area contributed by atoms with Crippen LogP contribution in [0.4, 0.5) is 0 Å². The van der Waals surface area contributed by atoms with Crippen molar-refractivity contribution >= 4 is 17.1 Å². The number of aliphatic hydroxyl groups is 1. The fraction of sp³-hybridized carbons (Fsp3) is 0.810. The molecule has 0 radical (unpaired) electrons. The Hall–Kier alpha value is -1.09. The first kappa shape index (κ1) is 25.5. The van der Waals surface area contributed by atoms with E-state index < -0.39 is 52.9 Å². The highest BCUT2D eigenvalue weighted by Gasteiger charge is 2.61. The summed E-state index contributed by atoms with van der Waals surface area (Å²) in [4.78, 5) is 26.1. The Morgan fingerprint density at radius 3 is 2.06 bits per heavy atom. The van der Waals surface area contributed by atoms with E-state index >= 15 is 0 Å². The minimum Gasteiger partial charge on any atom is -0.414 e. The molecule has 11 heteroatoms. The lowest BCUT2D eigenvalue weighted by Gasteiger charge is -2.51. The maximum Gasteiger partial charge on any atom is 0.335 e. The van der Waals surface area contributed by atoms with Crippen molar-refractivity contribution in [2.45, 2.75) is 102 Å². The Morgan fingerprint density at radius 2 is 1.56 bits per heavy atom. The van der Waals surface area contributed by atoms with Gasteiger partial charge in [-0.1, -0.05) is 55.4 Å². The normalized spacial score (nSPS) is 30.0. The molecule has 0 spiro atoms. The third-order valence-electron chi connectivity index (χ3n) is 6.77. The molecule has 4 atom stereocenters. The van der Waals surface area contributed by atoms with E-state index in [1.807, 2.05) is 0 Å². The third kappa shape index (κ3) is 4.24. The van der Waals surface area contributed by atoms with Crippen LogP contribution in [0.25, 0.3) is 0 Å². The van der Waals surface area contributed by atoms with Gasteiger partial charge >= 0.3 is 22.8 Å². The molecule has 1 aromatic heterocycles. The summed E-state index contributed by atoms with van der Waals surface area (Å²) < 4.78 is 27.9. The van der Waals surface area contributed by atoms with Gasteiger partial charge < -0.3 is 22.8 Å². The average molecular weight is 487 g/mol. The first-order chi connectivity index (χ1) is 14.9. The monoisotopic (exact) mass is 486 g/mol. The third-order valence-corrected chi connectivity index (χ3v) is 17.0. The van der Waals surface area contributed by atoms with Gasteiger partial charge in [-0.2, -0.15) is 0 Å². The Kier molecular flexibility index (Phi) is 7.40. The van der Waals surface area contributed by atoms with Crippen molar-refractivity contribution in [3.63, 3.8) is 0 Å². The lowest BCUT2D eigenvalue weighted by atomic mass is 10.1. The molecule has 0 aliphatic carbocycles. The fourth-order valence-corrected chi connectivity index (χ4v) is 16.2. The van der Waals surface area contributed by atoms with Gasteiger partial charge in [0.25, 0.3) is 5.56 Å². The molecule has 0 amide bonds. The van der Waals surface area contributed by atoms with Crippen LogP contribution < -0.4 is 11.2 Å². The molecule has 2 saturated heterocycles. The molecule has 182 valence electrons. The van der Waals surface area contributed by atoms with Crippen LogP contribution in [0.1, 0.15) is 61.6 Å². The zero-order valence-electron chi connectivity index (χ0n) is 20.3. The average Bonchev–Trinajstić information content (AvgIpc) is 2.96. The van der Waals surface area contributed by atoms with Gasteiger partial charge in [0.2, 0.25) is 0 Å². The van der Waals surface area contributed by atoms with Gasteiger partial charge in [-0.15, -0.1) is 0 Å². The Morgan fingerprint density at radius 1 is 1.00 bits per heavy atom. The molecule has 0 bridgehead atoms. The van der Waals surface area contributed by atoms with Crippen molar-refractivity contribution in [3.05, 3.63) is 33.1 Å². The fourth-order valence-electron chi connectivity index (χ4n) is 4.99. The Balaban J connectivity index is 2.08. The maximum absolute atomic E-state index is 12.4. The van der Waals surface area contributed by atoms with Crippen molar-refractivity contribution in [2.75, 3.05) is 6.61 Å². The quantitative estimate of drug-likeness (QED) is 0.616.